The molecule has 3 heterocycles. The van der Waals surface area contributed by atoms with E-state index < -0.39 is 158 Å². The zero-order valence-corrected chi connectivity index (χ0v) is 49.9. The first-order valence-electron chi connectivity index (χ1n) is 30.0. The lowest BCUT2D eigenvalue weighted by Crippen LogP contribution is -2.63. The fourth-order valence-electron chi connectivity index (χ4n) is 11.2. The highest BCUT2D eigenvalue weighted by Crippen LogP contribution is 2.32. The van der Waals surface area contributed by atoms with E-state index in [0.717, 1.165) is 70.9 Å². The van der Waals surface area contributed by atoms with E-state index in [0.29, 0.717) is 13.2 Å². The summed E-state index contributed by atoms with van der Waals surface area (Å²) in [4.78, 5) is 104. The maximum absolute atomic E-state index is 14.8. The maximum Gasteiger partial charge on any atom is 0.251 e. The van der Waals surface area contributed by atoms with Crippen LogP contribution in [0.15, 0.2) is 97.1 Å². The van der Waals surface area contributed by atoms with Crippen LogP contribution in [0.25, 0.3) is 22.3 Å². The van der Waals surface area contributed by atoms with E-state index in [9.17, 15) is 74.4 Å². The molecule has 3 aliphatic heterocycles. The minimum absolute atomic E-state index is 0.0230. The summed E-state index contributed by atoms with van der Waals surface area (Å²) in [5.41, 5.74) is 9.22. The smallest absolute Gasteiger partial charge is 0.251 e. The molecule has 7 rings (SSSR count). The van der Waals surface area contributed by atoms with Gasteiger partial charge in [0.2, 0.25) is 29.5 Å². The second-order valence-corrected chi connectivity index (χ2v) is 23.1. The number of aromatic hydroxyl groups is 1. The summed E-state index contributed by atoms with van der Waals surface area (Å²) in [5, 5.41) is 107. The van der Waals surface area contributed by atoms with Gasteiger partial charge >= 0.3 is 0 Å². The molecule has 0 aromatic heterocycles. The van der Waals surface area contributed by atoms with Gasteiger partial charge in [-0.1, -0.05) is 87.4 Å². The first kappa shape index (κ1) is 68.1. The molecule has 25 nitrogen and oxygen atoms in total. The van der Waals surface area contributed by atoms with Crippen LogP contribution in [0.5, 0.6) is 11.5 Å². The van der Waals surface area contributed by atoms with Gasteiger partial charge < -0.3 is 87.7 Å². The lowest BCUT2D eigenvalue weighted by Gasteiger charge is -2.34. The molecule has 0 bridgehead atoms. The molecule has 0 radical (unpaired) electrons. The van der Waals surface area contributed by atoms with Gasteiger partial charge in [-0.05, 0) is 84.5 Å². The Morgan fingerprint density at radius 2 is 1.26 bits per heavy atom. The summed E-state index contributed by atoms with van der Waals surface area (Å²) >= 11 is 0. The molecule has 3 aliphatic rings. The number of unbranched alkanes of at least 4 members (excludes halogenated alkanes) is 2. The van der Waals surface area contributed by atoms with Crippen LogP contribution in [0, 0.1) is 11.8 Å². The van der Waals surface area contributed by atoms with Crippen molar-refractivity contribution in [3.8, 4) is 33.8 Å². The molecule has 0 aliphatic carbocycles. The predicted octanol–water partition coefficient (Wildman–Crippen LogP) is -0.691. The lowest BCUT2D eigenvalue weighted by molar-refractivity contribution is -0.148. The van der Waals surface area contributed by atoms with Gasteiger partial charge in [-0.3, -0.25) is 38.9 Å². The molecule has 3 saturated heterocycles. The molecule has 478 valence electrons. The van der Waals surface area contributed by atoms with Crippen LogP contribution in [0.1, 0.15) is 88.2 Å². The summed E-state index contributed by atoms with van der Waals surface area (Å²) in [6.07, 6.45) is -12.9. The first-order valence-corrected chi connectivity index (χ1v) is 30.0. The van der Waals surface area contributed by atoms with Crippen molar-refractivity contribution in [2.45, 2.75) is 145 Å². The van der Waals surface area contributed by atoms with Gasteiger partial charge in [0, 0.05) is 70.0 Å². The van der Waals surface area contributed by atoms with E-state index >= 15 is 0 Å². The highest BCUT2D eigenvalue weighted by atomic mass is 16.5. The van der Waals surface area contributed by atoms with E-state index in [1.165, 1.54) is 43.3 Å². The number of amides is 6. The lowest BCUT2D eigenvalue weighted by atomic mass is 9.86. The molecule has 3 fully saturated rings. The first-order chi connectivity index (χ1) is 42.0. The monoisotopic (exact) mass is 1220 g/mol. The summed E-state index contributed by atoms with van der Waals surface area (Å²) in [6.45, 7) is 6.67. The largest absolute Gasteiger partial charge is 0.508 e. The third kappa shape index (κ3) is 17.2. The quantitative estimate of drug-likeness (QED) is 0.0487. The molecule has 0 spiro atoms. The third-order valence-corrected chi connectivity index (χ3v) is 16.4. The molecular formula is C63H85N9O16. The van der Waals surface area contributed by atoms with Crippen LogP contribution in [-0.4, -0.2) is 211 Å². The number of benzene rings is 4. The Labute approximate surface area is 511 Å². The molecule has 6 amide bonds. The van der Waals surface area contributed by atoms with E-state index in [-0.39, 0.29) is 43.1 Å². The highest BCUT2D eigenvalue weighted by molar-refractivity contribution is 6.00. The average molecular weight is 1220 g/mol. The summed E-state index contributed by atoms with van der Waals surface area (Å²) < 4.78 is 5.87. The molecule has 15 atom stereocenters. The van der Waals surface area contributed by atoms with Crippen molar-refractivity contribution in [1.29, 1.82) is 0 Å². The molecule has 0 saturated carbocycles. The van der Waals surface area contributed by atoms with Gasteiger partial charge in [0.25, 0.3) is 5.91 Å². The second kappa shape index (κ2) is 31.7. The Balaban J connectivity index is 1.22. The van der Waals surface area contributed by atoms with Crippen LogP contribution in [0.3, 0.4) is 0 Å². The Morgan fingerprint density at radius 1 is 0.693 bits per heavy atom. The Hall–Kier alpha value is -7.43. The van der Waals surface area contributed by atoms with Gasteiger partial charge in [-0.15, -0.1) is 0 Å². The van der Waals surface area contributed by atoms with E-state index in [1.54, 1.807) is 12.1 Å². The molecular weight excluding hydrogens is 1140 g/mol. The summed E-state index contributed by atoms with van der Waals surface area (Å²) in [5.74, 6) is -9.66. The number of aliphatic hydroxyl groups is 7. The number of nitrogens with one attached hydrogen (secondary N) is 6. The number of phenolic OH excluding ortho intramolecular Hbond substituents is 1. The number of rotatable bonds is 20. The highest BCUT2D eigenvalue weighted by Gasteiger charge is 2.50. The van der Waals surface area contributed by atoms with Crippen molar-refractivity contribution < 1.29 is 79.2 Å². The fraction of sp³-hybridized carbons (Fsp3) is 0.508. The number of ether oxygens (including phenoxy) is 1. The number of ketones is 1. The zero-order chi connectivity index (χ0) is 63.9. The van der Waals surface area contributed by atoms with Crippen LogP contribution in [0.2, 0.25) is 0 Å². The minimum atomic E-state index is -2.17. The van der Waals surface area contributed by atoms with Gasteiger partial charge in [0.05, 0.1) is 55.2 Å². The second-order valence-electron chi connectivity index (χ2n) is 23.1. The minimum Gasteiger partial charge on any atom is -0.508 e. The molecule has 88 heavy (non-hydrogen) atoms. The fourth-order valence-corrected chi connectivity index (χ4v) is 11.2. The predicted molar refractivity (Wildman–Crippen MR) is 322 cm³/mol. The van der Waals surface area contributed by atoms with Crippen molar-refractivity contribution in [2.24, 2.45) is 17.6 Å². The number of Topliss-reactive ketones (excluding diaryl/α,β-unsaturated/α-hetero) is 1. The number of phenols is 1. The van der Waals surface area contributed by atoms with Gasteiger partial charge in [0.1, 0.15) is 47.9 Å². The SMILES string of the molecule is CCCCCOc1ccc(-c2ccc(-c3ccc(C(=O)N[C@H]4C[C@@H](O)[C@@H](NCCNCCN)NC(=O)C5[C@@H](O)[C@@H](C)CN5C(=O)C([C@@H](C)O)NC(=O)C([C@H](O)[C@@H](O)c5ccc(O)cc5)CC(=O)C5C[C@@H](O)CN5C(=O)C([C@@H](C)O)NC4=O)cc3)cc2)cc1. The van der Waals surface area contributed by atoms with E-state index in [4.69, 9.17) is 10.5 Å². The Kier molecular flexibility index (Phi) is 24.5. The number of fused-ring (bicyclic) bond motifs is 2. The summed E-state index contributed by atoms with van der Waals surface area (Å²) in [6, 6.07) is 17.9. The van der Waals surface area contributed by atoms with Crippen LogP contribution >= 0.6 is 0 Å². The van der Waals surface area contributed by atoms with Crippen molar-refractivity contribution in [3.05, 3.63) is 108 Å². The number of nitrogens with two attached hydrogens (primary N) is 1. The van der Waals surface area contributed by atoms with Crippen LogP contribution < -0.4 is 42.4 Å². The van der Waals surface area contributed by atoms with Gasteiger partial charge in [0.15, 0.2) is 5.78 Å². The normalized spacial score (nSPS) is 26.6. The zero-order valence-electron chi connectivity index (χ0n) is 49.9. The standard InChI is InChI=1S/C63H85N9O16/c1-5-6-7-28-88-45-22-18-40(19-23-45)38-10-8-37(9-11-38)39-12-14-42(15-13-39)58(82)67-47-31-50(78)57(66-27-26-65-25-24-64)70-61(85)53-54(79)34(2)32-72(53)63(87)52(36(4)74)68-59(83)46(56(81)55(80)41-16-20-43(75)21-17-41)30-49(77)48-29-44(76)33-71(48)62(86)51(35(3)73)69-60(47)84/h8-23,34-36,44,46-48,50-57,65-66,73-76,78-81H,5-7,24-33,64H2,1-4H3,(H,67,82)(H,68,83)(H,69,84)(H,70,85)/t34-,35+,36+,44+,46?,47-,48?,50+,51?,52?,53?,54-,55-,56-,57-/m0/s1. The van der Waals surface area contributed by atoms with Crippen molar-refractivity contribution in [2.75, 3.05) is 45.9 Å². The topological polar surface area (TPSA) is 395 Å². The van der Waals surface area contributed by atoms with E-state index in [1.807, 2.05) is 48.5 Å². The number of carbonyl (C=O) groups is 7. The number of aliphatic hydroxyl groups excluding tert-OH is 7. The molecule has 16 N–H and O–H groups in total. The van der Waals surface area contributed by atoms with Crippen molar-refractivity contribution in [3.63, 3.8) is 0 Å². The third-order valence-electron chi connectivity index (χ3n) is 16.4. The van der Waals surface area contributed by atoms with Crippen LogP contribution in [0.4, 0.5) is 0 Å². The van der Waals surface area contributed by atoms with Crippen molar-refractivity contribution >= 4 is 41.2 Å². The Morgan fingerprint density at radius 3 is 1.84 bits per heavy atom. The number of hydrogen-bond donors (Lipinski definition) is 15. The average Bonchev–Trinajstić information content (AvgIpc) is 2.10. The van der Waals surface area contributed by atoms with Gasteiger partial charge in [-0.2, -0.15) is 0 Å². The summed E-state index contributed by atoms with van der Waals surface area (Å²) in [7, 11) is 0. The maximum atomic E-state index is 14.8. The Bertz CT molecular complexity index is 2990. The van der Waals surface area contributed by atoms with Gasteiger partial charge in [-0.25, -0.2) is 0 Å². The number of hydrogen-bond acceptors (Lipinski definition) is 19. The molecule has 25 heteroatoms. The molecule has 4 aromatic rings. The van der Waals surface area contributed by atoms with Crippen LogP contribution in [-0.2, 0) is 28.8 Å². The van der Waals surface area contributed by atoms with Crippen molar-refractivity contribution in [1.82, 2.24) is 41.7 Å². The molecule has 4 aromatic carbocycles. The molecule has 5 unspecified atom stereocenters. The number of carbonyl (C=O) groups excluding carboxylic acids is 7. The number of nitrogens with zero attached hydrogens (tertiary/aromatic N) is 2. The van der Waals surface area contributed by atoms with E-state index in [2.05, 4.69) is 38.8 Å².